The molecule has 0 aromatic carbocycles. The quantitative estimate of drug-likeness (QED) is 0.770. The van der Waals surface area contributed by atoms with Crippen molar-refractivity contribution in [2.75, 3.05) is 6.61 Å². The van der Waals surface area contributed by atoms with Crippen molar-refractivity contribution in [2.45, 2.75) is 59.6 Å². The lowest BCUT2D eigenvalue weighted by molar-refractivity contribution is -0.147. The summed E-state index contributed by atoms with van der Waals surface area (Å²) in [7, 11) is 0. The highest BCUT2D eigenvalue weighted by molar-refractivity contribution is 5.81. The fourth-order valence-electron chi connectivity index (χ4n) is 1.13. The Hall–Kier alpha value is -1.26. The van der Waals surface area contributed by atoms with Crippen molar-refractivity contribution in [3.63, 3.8) is 0 Å². The third kappa shape index (κ3) is 7.92. The van der Waals surface area contributed by atoms with E-state index in [2.05, 4.69) is 5.32 Å². The van der Waals surface area contributed by atoms with Gasteiger partial charge in [-0.3, -0.25) is 0 Å². The number of carbonyl (C=O) groups is 2. The molecule has 0 saturated heterocycles. The molecule has 0 aliphatic rings. The minimum Gasteiger partial charge on any atom is -0.464 e. The standard InChI is InChI=1S/C13H25NO4/c1-7-10(11(15)17-8-9(2)3)14-12(16)18-13(4,5)6/h9-10H,7-8H2,1-6H3,(H,14,16). The summed E-state index contributed by atoms with van der Waals surface area (Å²) in [6.07, 6.45) is -0.133. The van der Waals surface area contributed by atoms with Crippen LogP contribution in [-0.4, -0.2) is 30.3 Å². The highest BCUT2D eigenvalue weighted by Gasteiger charge is 2.24. The van der Waals surface area contributed by atoms with Crippen LogP contribution < -0.4 is 5.32 Å². The van der Waals surface area contributed by atoms with E-state index in [1.54, 1.807) is 27.7 Å². The molecule has 1 atom stereocenters. The first-order valence-electron chi connectivity index (χ1n) is 6.31. The second kappa shape index (κ2) is 7.24. The maximum absolute atomic E-state index is 11.7. The van der Waals surface area contributed by atoms with Gasteiger partial charge >= 0.3 is 12.1 Å². The Balaban J connectivity index is 4.25. The zero-order valence-electron chi connectivity index (χ0n) is 12.2. The van der Waals surface area contributed by atoms with E-state index in [1.165, 1.54) is 0 Å². The fourth-order valence-corrected chi connectivity index (χ4v) is 1.13. The average molecular weight is 259 g/mol. The molecule has 5 heteroatoms. The Kier molecular flexibility index (Phi) is 6.73. The van der Waals surface area contributed by atoms with Crippen LogP contribution in [0.25, 0.3) is 0 Å². The van der Waals surface area contributed by atoms with Gasteiger partial charge in [0.15, 0.2) is 0 Å². The third-order valence-electron chi connectivity index (χ3n) is 1.94. The summed E-state index contributed by atoms with van der Waals surface area (Å²) >= 11 is 0. The summed E-state index contributed by atoms with van der Waals surface area (Å²) in [6, 6.07) is -0.654. The maximum Gasteiger partial charge on any atom is 0.408 e. The molecule has 18 heavy (non-hydrogen) atoms. The minimum absolute atomic E-state index is 0.271. The molecule has 1 N–H and O–H groups in total. The molecule has 0 aromatic rings. The van der Waals surface area contributed by atoms with Crippen LogP contribution in [0.4, 0.5) is 4.79 Å². The third-order valence-corrected chi connectivity index (χ3v) is 1.94. The smallest absolute Gasteiger partial charge is 0.408 e. The molecule has 0 radical (unpaired) electrons. The van der Waals surface area contributed by atoms with Crippen molar-refractivity contribution in [1.29, 1.82) is 0 Å². The summed E-state index contributed by atoms with van der Waals surface area (Å²) in [5, 5.41) is 2.51. The van der Waals surface area contributed by atoms with Crippen molar-refractivity contribution in [1.82, 2.24) is 5.32 Å². The topological polar surface area (TPSA) is 64.6 Å². The van der Waals surface area contributed by atoms with E-state index in [4.69, 9.17) is 9.47 Å². The van der Waals surface area contributed by atoms with Crippen molar-refractivity contribution >= 4 is 12.1 Å². The lowest BCUT2D eigenvalue weighted by Gasteiger charge is -2.22. The highest BCUT2D eigenvalue weighted by atomic mass is 16.6. The number of nitrogens with one attached hydrogen (secondary N) is 1. The summed E-state index contributed by atoms with van der Waals surface area (Å²) < 4.78 is 10.2. The number of amides is 1. The summed E-state index contributed by atoms with van der Waals surface area (Å²) in [5.74, 6) is -0.148. The van der Waals surface area contributed by atoms with Crippen molar-refractivity contribution in [3.05, 3.63) is 0 Å². The van der Waals surface area contributed by atoms with Crippen LogP contribution in [-0.2, 0) is 14.3 Å². The molecule has 0 spiro atoms. The molecule has 0 aliphatic heterocycles. The second-order valence-electron chi connectivity index (χ2n) is 5.63. The summed E-state index contributed by atoms with van der Waals surface area (Å²) in [4.78, 5) is 23.2. The lowest BCUT2D eigenvalue weighted by Crippen LogP contribution is -2.44. The van der Waals surface area contributed by atoms with Gasteiger partial charge in [-0.15, -0.1) is 0 Å². The van der Waals surface area contributed by atoms with Crippen LogP contribution >= 0.6 is 0 Å². The fraction of sp³-hybridized carbons (Fsp3) is 0.846. The molecule has 1 amide bonds. The Bertz CT molecular complexity index is 281. The van der Waals surface area contributed by atoms with E-state index < -0.39 is 23.7 Å². The predicted octanol–water partition coefficient (Wildman–Crippen LogP) is 2.49. The number of ether oxygens (including phenoxy) is 2. The molecule has 0 heterocycles. The molecule has 0 bridgehead atoms. The van der Waals surface area contributed by atoms with Crippen LogP contribution in [0.2, 0.25) is 0 Å². The van der Waals surface area contributed by atoms with Crippen molar-refractivity contribution < 1.29 is 19.1 Å². The Labute approximate surface area is 109 Å². The SMILES string of the molecule is CCC(NC(=O)OC(C)(C)C)C(=O)OCC(C)C. The normalized spacial score (nSPS) is 13.1. The molecule has 0 fully saturated rings. The minimum atomic E-state index is -0.654. The Morgan fingerprint density at radius 3 is 2.17 bits per heavy atom. The van der Waals surface area contributed by atoms with E-state index in [-0.39, 0.29) is 5.92 Å². The zero-order valence-corrected chi connectivity index (χ0v) is 12.2. The average Bonchev–Trinajstić information content (AvgIpc) is 2.19. The van der Waals surface area contributed by atoms with Gasteiger partial charge in [0, 0.05) is 0 Å². The van der Waals surface area contributed by atoms with E-state index in [1.807, 2.05) is 13.8 Å². The number of esters is 1. The van der Waals surface area contributed by atoms with Crippen LogP contribution in [0, 0.1) is 5.92 Å². The Morgan fingerprint density at radius 2 is 1.78 bits per heavy atom. The molecule has 1 unspecified atom stereocenters. The van der Waals surface area contributed by atoms with Gasteiger partial charge in [0.25, 0.3) is 0 Å². The highest BCUT2D eigenvalue weighted by Crippen LogP contribution is 2.07. The van der Waals surface area contributed by atoms with E-state index in [0.717, 1.165) is 0 Å². The van der Waals surface area contributed by atoms with Crippen LogP contribution in [0.1, 0.15) is 48.0 Å². The molecule has 106 valence electrons. The number of carbonyl (C=O) groups excluding carboxylic acids is 2. The van der Waals surface area contributed by atoms with E-state index in [9.17, 15) is 9.59 Å². The molecule has 5 nitrogen and oxygen atoms in total. The number of hydrogen-bond donors (Lipinski definition) is 1. The lowest BCUT2D eigenvalue weighted by atomic mass is 10.2. The summed E-state index contributed by atoms with van der Waals surface area (Å²) in [5.41, 5.74) is -0.579. The van der Waals surface area contributed by atoms with Crippen LogP contribution in [0.3, 0.4) is 0 Å². The van der Waals surface area contributed by atoms with E-state index in [0.29, 0.717) is 13.0 Å². The van der Waals surface area contributed by atoms with Gasteiger partial charge in [0.1, 0.15) is 11.6 Å². The largest absolute Gasteiger partial charge is 0.464 e. The number of hydrogen-bond acceptors (Lipinski definition) is 4. The summed E-state index contributed by atoms with van der Waals surface area (Å²) in [6.45, 7) is 11.4. The maximum atomic E-state index is 11.7. The first-order valence-corrected chi connectivity index (χ1v) is 6.31. The number of alkyl carbamates (subject to hydrolysis) is 1. The predicted molar refractivity (Wildman–Crippen MR) is 69.2 cm³/mol. The van der Waals surface area contributed by atoms with Crippen molar-refractivity contribution in [3.8, 4) is 0 Å². The zero-order chi connectivity index (χ0) is 14.3. The van der Waals surface area contributed by atoms with Gasteiger partial charge in [-0.25, -0.2) is 9.59 Å². The molecule has 0 rings (SSSR count). The molecule has 0 aliphatic carbocycles. The Morgan fingerprint density at radius 1 is 1.22 bits per heavy atom. The van der Waals surface area contributed by atoms with Gasteiger partial charge in [-0.1, -0.05) is 20.8 Å². The molecular formula is C13H25NO4. The van der Waals surface area contributed by atoms with Crippen molar-refractivity contribution in [2.24, 2.45) is 5.92 Å². The first kappa shape index (κ1) is 16.7. The van der Waals surface area contributed by atoms with Gasteiger partial charge in [0.05, 0.1) is 6.61 Å². The van der Waals surface area contributed by atoms with Crippen LogP contribution in [0.15, 0.2) is 0 Å². The molecular weight excluding hydrogens is 234 g/mol. The van der Waals surface area contributed by atoms with Crippen LogP contribution in [0.5, 0.6) is 0 Å². The molecule has 0 saturated carbocycles. The monoisotopic (exact) mass is 259 g/mol. The molecule has 0 aromatic heterocycles. The van der Waals surface area contributed by atoms with Gasteiger partial charge in [0.2, 0.25) is 0 Å². The number of rotatable bonds is 5. The second-order valence-corrected chi connectivity index (χ2v) is 5.63. The van der Waals surface area contributed by atoms with Gasteiger partial charge < -0.3 is 14.8 Å². The van der Waals surface area contributed by atoms with Gasteiger partial charge in [-0.05, 0) is 33.1 Å². The first-order chi connectivity index (χ1) is 8.15. The van der Waals surface area contributed by atoms with E-state index >= 15 is 0 Å². The van der Waals surface area contributed by atoms with Gasteiger partial charge in [-0.2, -0.15) is 0 Å².